The van der Waals surface area contributed by atoms with E-state index in [-0.39, 0.29) is 30.9 Å². The molecule has 2 unspecified atom stereocenters. The second kappa shape index (κ2) is 5.35. The third kappa shape index (κ3) is 3.25. The number of nitrogens with zero attached hydrogens (tertiary/aromatic N) is 1. The lowest BCUT2D eigenvalue weighted by Crippen LogP contribution is -2.38. The second-order valence-electron chi connectivity index (χ2n) is 5.54. The fourth-order valence-electron chi connectivity index (χ4n) is 2.94. The van der Waals surface area contributed by atoms with Crippen LogP contribution in [-0.2, 0) is 14.8 Å². The number of amides is 1. The van der Waals surface area contributed by atoms with Crippen LogP contribution < -0.4 is 10.0 Å². The zero-order chi connectivity index (χ0) is 14.1. The van der Waals surface area contributed by atoms with Crippen LogP contribution in [-0.4, -0.2) is 69.9 Å². The molecule has 19 heavy (non-hydrogen) atoms. The van der Waals surface area contributed by atoms with Crippen LogP contribution in [0.2, 0.25) is 0 Å². The molecule has 3 N–H and O–H groups in total. The first-order valence-corrected chi connectivity index (χ1v) is 8.29. The van der Waals surface area contributed by atoms with Gasteiger partial charge in [-0.15, -0.1) is 0 Å². The Hall–Kier alpha value is -0.700. The van der Waals surface area contributed by atoms with E-state index in [0.717, 1.165) is 19.3 Å². The minimum Gasteiger partial charge on any atom is -0.396 e. The summed E-state index contributed by atoms with van der Waals surface area (Å²) >= 11 is 0. The van der Waals surface area contributed by atoms with Crippen molar-refractivity contribution in [3.8, 4) is 0 Å². The Morgan fingerprint density at radius 1 is 1.58 bits per heavy atom. The van der Waals surface area contributed by atoms with Gasteiger partial charge in [0.25, 0.3) is 0 Å². The largest absolute Gasteiger partial charge is 0.396 e. The molecule has 0 aromatic heterocycles. The zero-order valence-corrected chi connectivity index (χ0v) is 11.9. The first kappa shape index (κ1) is 14.7. The van der Waals surface area contributed by atoms with Gasteiger partial charge in [0, 0.05) is 44.6 Å². The van der Waals surface area contributed by atoms with Crippen molar-refractivity contribution in [3.05, 3.63) is 0 Å². The number of rotatable bonds is 5. The predicted octanol–water partition coefficient (Wildman–Crippen LogP) is -2.03. The Labute approximate surface area is 113 Å². The molecule has 0 aromatic rings. The third-order valence-corrected chi connectivity index (χ3v) is 4.78. The van der Waals surface area contributed by atoms with Gasteiger partial charge in [-0.25, -0.2) is 13.1 Å². The number of aliphatic hydroxyl groups is 1. The maximum Gasteiger partial charge on any atom is 0.223 e. The number of carbonyl (C=O) groups is 1. The Kier molecular flexibility index (Phi) is 4.14. The van der Waals surface area contributed by atoms with E-state index in [1.54, 1.807) is 4.90 Å². The highest BCUT2D eigenvalue weighted by Gasteiger charge is 2.50. The van der Waals surface area contributed by atoms with Crippen LogP contribution in [0.1, 0.15) is 6.42 Å². The number of fused-ring (bicyclic) bond motifs is 1. The van der Waals surface area contributed by atoms with Gasteiger partial charge in [0.2, 0.25) is 15.9 Å². The van der Waals surface area contributed by atoms with E-state index < -0.39 is 10.0 Å². The average Bonchev–Trinajstić information content (AvgIpc) is 2.83. The molecule has 0 aromatic carbocycles. The Bertz CT molecular complexity index is 453. The lowest BCUT2D eigenvalue weighted by atomic mass is 9.82. The average molecular weight is 291 g/mol. The van der Waals surface area contributed by atoms with Gasteiger partial charge in [0.15, 0.2) is 0 Å². The molecule has 7 nitrogen and oxygen atoms in total. The van der Waals surface area contributed by atoms with Gasteiger partial charge < -0.3 is 15.3 Å². The summed E-state index contributed by atoms with van der Waals surface area (Å²) in [6, 6.07) is 0. The maximum atomic E-state index is 12.0. The molecule has 0 bridgehead atoms. The van der Waals surface area contributed by atoms with Gasteiger partial charge in [-0.2, -0.15) is 0 Å². The van der Waals surface area contributed by atoms with E-state index in [4.69, 9.17) is 0 Å². The van der Waals surface area contributed by atoms with E-state index in [1.165, 1.54) is 0 Å². The number of nitrogens with one attached hydrogen (secondary N) is 2. The van der Waals surface area contributed by atoms with Crippen molar-refractivity contribution in [1.82, 2.24) is 14.9 Å². The van der Waals surface area contributed by atoms with Gasteiger partial charge in [-0.05, 0) is 5.92 Å². The van der Waals surface area contributed by atoms with E-state index >= 15 is 0 Å². The highest BCUT2D eigenvalue weighted by Crippen LogP contribution is 2.38. The quantitative estimate of drug-likeness (QED) is 0.542. The summed E-state index contributed by atoms with van der Waals surface area (Å²) in [5.41, 5.74) is -0.208. The van der Waals surface area contributed by atoms with Crippen molar-refractivity contribution in [1.29, 1.82) is 0 Å². The molecule has 0 spiro atoms. The predicted molar refractivity (Wildman–Crippen MR) is 69.9 cm³/mol. The van der Waals surface area contributed by atoms with Crippen LogP contribution >= 0.6 is 0 Å². The number of aliphatic hydroxyl groups excluding tert-OH is 1. The van der Waals surface area contributed by atoms with Crippen LogP contribution in [0.3, 0.4) is 0 Å². The molecular weight excluding hydrogens is 270 g/mol. The van der Waals surface area contributed by atoms with Crippen LogP contribution in [0.4, 0.5) is 0 Å². The van der Waals surface area contributed by atoms with E-state index in [2.05, 4.69) is 10.0 Å². The summed E-state index contributed by atoms with van der Waals surface area (Å²) < 4.78 is 24.1. The van der Waals surface area contributed by atoms with Crippen LogP contribution in [0, 0.1) is 11.3 Å². The summed E-state index contributed by atoms with van der Waals surface area (Å²) in [6.45, 7) is 2.97. The fourth-order valence-corrected chi connectivity index (χ4v) is 3.41. The van der Waals surface area contributed by atoms with Gasteiger partial charge in [0.1, 0.15) is 0 Å². The minimum atomic E-state index is -3.25. The van der Waals surface area contributed by atoms with Crippen LogP contribution in [0.25, 0.3) is 0 Å². The monoisotopic (exact) mass is 291 g/mol. The highest BCUT2D eigenvalue weighted by atomic mass is 32.2. The SMILES string of the molecule is CS(=O)(=O)NCCC(=O)N1CC2CNCC2(CO)C1. The van der Waals surface area contributed by atoms with E-state index in [0.29, 0.717) is 19.0 Å². The number of hydrogen-bond donors (Lipinski definition) is 3. The van der Waals surface area contributed by atoms with Gasteiger partial charge in [-0.1, -0.05) is 0 Å². The number of hydrogen-bond acceptors (Lipinski definition) is 5. The molecule has 2 fully saturated rings. The number of sulfonamides is 1. The molecule has 0 radical (unpaired) electrons. The maximum absolute atomic E-state index is 12.0. The topological polar surface area (TPSA) is 98.7 Å². The summed E-state index contributed by atoms with van der Waals surface area (Å²) in [4.78, 5) is 13.8. The van der Waals surface area contributed by atoms with Crippen molar-refractivity contribution in [2.75, 3.05) is 45.6 Å². The Balaban J connectivity index is 1.85. The Morgan fingerprint density at radius 2 is 2.32 bits per heavy atom. The summed E-state index contributed by atoms with van der Waals surface area (Å²) in [7, 11) is -3.25. The third-order valence-electron chi connectivity index (χ3n) is 4.05. The van der Waals surface area contributed by atoms with Crippen LogP contribution in [0.15, 0.2) is 0 Å². The second-order valence-corrected chi connectivity index (χ2v) is 7.37. The molecule has 2 saturated heterocycles. The Morgan fingerprint density at radius 3 is 2.89 bits per heavy atom. The first-order valence-electron chi connectivity index (χ1n) is 6.40. The molecule has 2 aliphatic heterocycles. The fraction of sp³-hybridized carbons (Fsp3) is 0.909. The molecule has 2 atom stereocenters. The van der Waals surface area contributed by atoms with Crippen molar-refractivity contribution in [2.24, 2.45) is 11.3 Å². The number of likely N-dealkylation sites (tertiary alicyclic amines) is 1. The van der Waals surface area contributed by atoms with E-state index in [9.17, 15) is 18.3 Å². The van der Waals surface area contributed by atoms with Crippen LogP contribution in [0.5, 0.6) is 0 Å². The standard InChI is InChI=1S/C11H21N3O4S/c1-19(17,18)13-3-2-10(16)14-5-9-4-12-6-11(9,7-14)8-15/h9,12-13,15H,2-8H2,1H3. The molecule has 2 aliphatic rings. The van der Waals surface area contributed by atoms with Gasteiger partial charge in [0.05, 0.1) is 12.9 Å². The molecule has 0 aliphatic carbocycles. The smallest absolute Gasteiger partial charge is 0.223 e. The highest BCUT2D eigenvalue weighted by molar-refractivity contribution is 7.88. The molecule has 8 heteroatoms. The molecule has 110 valence electrons. The van der Waals surface area contributed by atoms with Crippen molar-refractivity contribution < 1.29 is 18.3 Å². The number of carbonyl (C=O) groups excluding carboxylic acids is 1. The lowest BCUT2D eigenvalue weighted by Gasteiger charge is -2.25. The molecule has 1 amide bonds. The summed E-state index contributed by atoms with van der Waals surface area (Å²) in [5, 5.41) is 12.8. The summed E-state index contributed by atoms with van der Waals surface area (Å²) in [5.74, 6) is 0.239. The molecule has 2 heterocycles. The van der Waals surface area contributed by atoms with Crippen molar-refractivity contribution >= 4 is 15.9 Å². The summed E-state index contributed by atoms with van der Waals surface area (Å²) in [6.07, 6.45) is 1.23. The van der Waals surface area contributed by atoms with Crippen molar-refractivity contribution in [2.45, 2.75) is 6.42 Å². The zero-order valence-electron chi connectivity index (χ0n) is 11.1. The lowest BCUT2D eigenvalue weighted by molar-refractivity contribution is -0.130. The van der Waals surface area contributed by atoms with E-state index in [1.807, 2.05) is 0 Å². The first-order chi connectivity index (χ1) is 8.86. The van der Waals surface area contributed by atoms with Gasteiger partial charge in [-0.3, -0.25) is 4.79 Å². The molecular formula is C11H21N3O4S. The minimum absolute atomic E-state index is 0.0571. The molecule has 0 saturated carbocycles. The van der Waals surface area contributed by atoms with Gasteiger partial charge >= 0.3 is 0 Å². The normalized spacial score (nSPS) is 30.6. The molecule has 2 rings (SSSR count). The van der Waals surface area contributed by atoms with Crippen molar-refractivity contribution in [3.63, 3.8) is 0 Å².